The highest BCUT2D eigenvalue weighted by atomic mass is 16.5. The van der Waals surface area contributed by atoms with Crippen molar-refractivity contribution in [2.24, 2.45) is 0 Å². The maximum absolute atomic E-state index is 11.4. The molecule has 12 heavy (non-hydrogen) atoms. The molecule has 0 atom stereocenters. The molecule has 1 fully saturated rings. The number of methoxy groups -OCH3 is 1. The average Bonchev–Trinajstić information content (AvgIpc) is 2.00. The zero-order valence-electron chi connectivity index (χ0n) is 7.78. The van der Waals surface area contributed by atoms with E-state index in [-0.39, 0.29) is 6.03 Å². The Bertz CT molecular complexity index is 174. The Hall–Kier alpha value is -0.810. The number of urea groups is 1. The van der Waals surface area contributed by atoms with Gasteiger partial charge in [-0.25, -0.2) is 4.79 Å². The molecule has 1 rings (SSSR count). The molecule has 5 nitrogen and oxygen atoms in total. The fourth-order valence-electron chi connectivity index (χ4n) is 1.31. The summed E-state index contributed by atoms with van der Waals surface area (Å²) in [5.74, 6) is 0. The lowest BCUT2D eigenvalue weighted by Crippen LogP contribution is -2.55. The van der Waals surface area contributed by atoms with E-state index in [9.17, 15) is 4.79 Å². The van der Waals surface area contributed by atoms with E-state index in [0.29, 0.717) is 20.1 Å². The topological polar surface area (TPSA) is 36.0 Å². The number of nitrogens with zero attached hydrogens (tertiary/aromatic N) is 3. The number of carbonyl (C=O) groups excluding carboxylic acids is 1. The Kier molecular flexibility index (Phi) is 2.88. The summed E-state index contributed by atoms with van der Waals surface area (Å²) in [7, 11) is 5.33. The van der Waals surface area contributed by atoms with E-state index in [0.717, 1.165) is 0 Å². The average molecular weight is 173 g/mol. The number of hydrogen-bond acceptors (Lipinski definition) is 3. The van der Waals surface area contributed by atoms with Crippen LogP contribution in [0.3, 0.4) is 0 Å². The van der Waals surface area contributed by atoms with Gasteiger partial charge in [-0.2, -0.15) is 0 Å². The van der Waals surface area contributed by atoms with Crippen molar-refractivity contribution in [2.75, 3.05) is 41.3 Å². The summed E-state index contributed by atoms with van der Waals surface area (Å²) in [6, 6.07) is 0.0231. The van der Waals surface area contributed by atoms with E-state index in [2.05, 4.69) is 0 Å². The van der Waals surface area contributed by atoms with Crippen molar-refractivity contribution in [1.29, 1.82) is 0 Å². The molecule has 0 bridgehead atoms. The summed E-state index contributed by atoms with van der Waals surface area (Å²) in [6.07, 6.45) is 0. The standard InChI is InChI=1S/C7H15N3O2/c1-8-4-9(2)7(11)10(5-8)6-12-3/h4-6H2,1-3H3. The molecule has 0 aliphatic carbocycles. The largest absolute Gasteiger partial charge is 0.364 e. The van der Waals surface area contributed by atoms with Gasteiger partial charge in [-0.1, -0.05) is 0 Å². The van der Waals surface area contributed by atoms with Crippen LogP contribution in [0.5, 0.6) is 0 Å². The Balaban J connectivity index is 2.54. The lowest BCUT2D eigenvalue weighted by atomic mass is 10.5. The van der Waals surface area contributed by atoms with Gasteiger partial charge in [0.1, 0.15) is 6.73 Å². The molecule has 1 heterocycles. The van der Waals surface area contributed by atoms with E-state index >= 15 is 0 Å². The van der Waals surface area contributed by atoms with Gasteiger partial charge < -0.3 is 9.64 Å². The van der Waals surface area contributed by atoms with Crippen LogP contribution in [0.4, 0.5) is 4.79 Å². The Morgan fingerprint density at radius 1 is 1.42 bits per heavy atom. The fourth-order valence-corrected chi connectivity index (χ4v) is 1.31. The second kappa shape index (κ2) is 3.73. The van der Waals surface area contributed by atoms with Gasteiger partial charge in [-0.15, -0.1) is 0 Å². The lowest BCUT2D eigenvalue weighted by molar-refractivity contribution is 0.00174. The minimum Gasteiger partial charge on any atom is -0.364 e. The molecule has 0 N–H and O–H groups in total. The Morgan fingerprint density at radius 3 is 2.67 bits per heavy atom. The van der Waals surface area contributed by atoms with Crippen LogP contribution in [-0.4, -0.2) is 62.0 Å². The van der Waals surface area contributed by atoms with Crippen molar-refractivity contribution >= 4 is 6.03 Å². The van der Waals surface area contributed by atoms with Crippen molar-refractivity contribution in [3.8, 4) is 0 Å². The van der Waals surface area contributed by atoms with Gasteiger partial charge in [0.25, 0.3) is 0 Å². The summed E-state index contributed by atoms with van der Waals surface area (Å²) in [5, 5.41) is 0. The van der Waals surface area contributed by atoms with Gasteiger partial charge in [0.2, 0.25) is 0 Å². The third-order valence-corrected chi connectivity index (χ3v) is 1.75. The quantitative estimate of drug-likeness (QED) is 0.580. The number of hydrogen-bond donors (Lipinski definition) is 0. The minimum atomic E-state index is 0.0231. The summed E-state index contributed by atoms with van der Waals surface area (Å²) >= 11 is 0. The highest BCUT2D eigenvalue weighted by Gasteiger charge is 2.24. The van der Waals surface area contributed by atoms with Crippen molar-refractivity contribution in [3.63, 3.8) is 0 Å². The van der Waals surface area contributed by atoms with Gasteiger partial charge in [0, 0.05) is 14.2 Å². The van der Waals surface area contributed by atoms with Gasteiger partial charge in [0.05, 0.1) is 13.3 Å². The molecule has 1 aliphatic rings. The molecule has 5 heteroatoms. The zero-order chi connectivity index (χ0) is 9.14. The molecule has 0 aromatic carbocycles. The van der Waals surface area contributed by atoms with Crippen LogP contribution in [0.2, 0.25) is 0 Å². The predicted molar refractivity (Wildman–Crippen MR) is 44.4 cm³/mol. The molecular formula is C7H15N3O2. The van der Waals surface area contributed by atoms with E-state index in [1.54, 1.807) is 24.0 Å². The molecule has 0 aromatic heterocycles. The third kappa shape index (κ3) is 1.86. The molecule has 0 radical (unpaired) electrons. The Morgan fingerprint density at radius 2 is 2.08 bits per heavy atom. The van der Waals surface area contributed by atoms with Gasteiger partial charge in [0.15, 0.2) is 0 Å². The van der Waals surface area contributed by atoms with Crippen LogP contribution in [0.15, 0.2) is 0 Å². The second-order valence-electron chi connectivity index (χ2n) is 3.08. The van der Waals surface area contributed by atoms with Crippen molar-refractivity contribution < 1.29 is 9.53 Å². The van der Waals surface area contributed by atoms with E-state index < -0.39 is 0 Å². The zero-order valence-corrected chi connectivity index (χ0v) is 7.78. The summed E-state index contributed by atoms with van der Waals surface area (Å²) < 4.78 is 4.90. The summed E-state index contributed by atoms with van der Waals surface area (Å²) in [6.45, 7) is 1.67. The molecule has 0 unspecified atom stereocenters. The molecule has 0 aromatic rings. The van der Waals surface area contributed by atoms with Crippen LogP contribution in [0.25, 0.3) is 0 Å². The maximum Gasteiger partial charge on any atom is 0.323 e. The molecule has 1 aliphatic heterocycles. The number of ether oxygens (including phenoxy) is 1. The van der Waals surface area contributed by atoms with Crippen LogP contribution >= 0.6 is 0 Å². The van der Waals surface area contributed by atoms with Crippen molar-refractivity contribution in [3.05, 3.63) is 0 Å². The van der Waals surface area contributed by atoms with Crippen LogP contribution in [-0.2, 0) is 4.74 Å². The summed E-state index contributed by atoms with van der Waals surface area (Å²) in [5.41, 5.74) is 0. The normalized spacial score (nSPS) is 20.4. The molecule has 0 spiro atoms. The highest BCUT2D eigenvalue weighted by Crippen LogP contribution is 2.05. The van der Waals surface area contributed by atoms with E-state index in [1.165, 1.54) is 0 Å². The van der Waals surface area contributed by atoms with Crippen molar-refractivity contribution in [1.82, 2.24) is 14.7 Å². The third-order valence-electron chi connectivity index (χ3n) is 1.75. The van der Waals surface area contributed by atoms with Gasteiger partial charge >= 0.3 is 6.03 Å². The number of carbonyl (C=O) groups is 1. The summed E-state index contributed by atoms with van der Waals surface area (Å²) in [4.78, 5) is 16.7. The maximum atomic E-state index is 11.4. The fraction of sp³-hybridized carbons (Fsp3) is 0.857. The SMILES string of the molecule is COCN1CN(C)CN(C)C1=O. The Labute approximate surface area is 72.5 Å². The molecule has 0 saturated carbocycles. The first kappa shape index (κ1) is 9.28. The van der Waals surface area contributed by atoms with E-state index in [1.807, 2.05) is 11.9 Å². The first-order chi connectivity index (χ1) is 5.65. The minimum absolute atomic E-state index is 0.0231. The number of rotatable bonds is 2. The lowest BCUT2D eigenvalue weighted by Gasteiger charge is -2.38. The molecule has 1 saturated heterocycles. The number of amides is 2. The first-order valence-electron chi connectivity index (χ1n) is 3.82. The van der Waals surface area contributed by atoms with E-state index in [4.69, 9.17) is 4.74 Å². The first-order valence-corrected chi connectivity index (χ1v) is 3.82. The molecular weight excluding hydrogens is 158 g/mol. The molecule has 2 amide bonds. The molecule has 70 valence electrons. The van der Waals surface area contributed by atoms with Crippen LogP contribution in [0.1, 0.15) is 0 Å². The monoisotopic (exact) mass is 173 g/mol. The van der Waals surface area contributed by atoms with Gasteiger partial charge in [-0.3, -0.25) is 9.80 Å². The van der Waals surface area contributed by atoms with Crippen LogP contribution in [0, 0.1) is 0 Å². The van der Waals surface area contributed by atoms with Crippen molar-refractivity contribution in [2.45, 2.75) is 0 Å². The second-order valence-corrected chi connectivity index (χ2v) is 3.08. The van der Waals surface area contributed by atoms with Gasteiger partial charge in [-0.05, 0) is 7.05 Å². The van der Waals surface area contributed by atoms with Crippen LogP contribution < -0.4 is 0 Å². The smallest absolute Gasteiger partial charge is 0.323 e. The predicted octanol–water partition coefficient (Wildman–Crippen LogP) is -0.195. The highest BCUT2D eigenvalue weighted by molar-refractivity contribution is 5.74.